The van der Waals surface area contributed by atoms with E-state index >= 15 is 4.39 Å². The second-order valence-corrected chi connectivity index (χ2v) is 7.80. The molecular weight excluding hydrogens is 395 g/mol. The lowest BCUT2D eigenvalue weighted by Gasteiger charge is -2.31. The first-order valence-corrected chi connectivity index (χ1v) is 10.0. The van der Waals surface area contributed by atoms with Gasteiger partial charge in [-0.1, -0.05) is 6.92 Å². The van der Waals surface area contributed by atoms with Gasteiger partial charge in [0.25, 0.3) is 0 Å². The molecule has 162 valence electrons. The number of nitrogens with zero attached hydrogens (tertiary/aromatic N) is 2. The number of anilines is 2. The normalized spacial score (nSPS) is 20.4. The number of carboxylic acid groups (broad SMARTS) is 1. The fraction of sp³-hybridized carbons (Fsp3) is 0.500. The highest BCUT2D eigenvalue weighted by Gasteiger charge is 2.34. The van der Waals surface area contributed by atoms with Crippen molar-refractivity contribution in [3.63, 3.8) is 0 Å². The maximum atomic E-state index is 15.5. The fourth-order valence-electron chi connectivity index (χ4n) is 4.31. The van der Waals surface area contributed by atoms with Gasteiger partial charge in [0.1, 0.15) is 12.3 Å². The van der Waals surface area contributed by atoms with Crippen LogP contribution in [0.15, 0.2) is 11.0 Å². The maximum Gasteiger partial charge on any atom is 0.511 e. The van der Waals surface area contributed by atoms with Gasteiger partial charge in [0.05, 0.1) is 28.8 Å². The zero-order chi connectivity index (χ0) is 21.6. The average Bonchev–Trinajstić information content (AvgIpc) is 3.16. The molecule has 2 aliphatic heterocycles. The molecule has 4 rings (SSSR count). The Bertz CT molecular complexity index is 1070. The van der Waals surface area contributed by atoms with Gasteiger partial charge >= 0.3 is 6.16 Å². The van der Waals surface area contributed by atoms with E-state index in [9.17, 15) is 9.59 Å². The first kappa shape index (κ1) is 20.3. The topological polar surface area (TPSA) is 119 Å². The van der Waals surface area contributed by atoms with Gasteiger partial charge in [0.15, 0.2) is 17.3 Å². The molecule has 0 aliphatic carbocycles. The van der Waals surface area contributed by atoms with Crippen LogP contribution in [-0.2, 0) is 0 Å². The van der Waals surface area contributed by atoms with Gasteiger partial charge in [-0.15, -0.1) is 0 Å². The second kappa shape index (κ2) is 7.67. The Labute approximate surface area is 172 Å². The summed E-state index contributed by atoms with van der Waals surface area (Å²) in [5, 5.41) is 12.1. The van der Waals surface area contributed by atoms with Crippen molar-refractivity contribution in [2.45, 2.75) is 26.3 Å². The molecule has 2 aliphatic rings. The van der Waals surface area contributed by atoms with Crippen LogP contribution in [0, 0.1) is 11.7 Å². The molecule has 0 spiro atoms. The monoisotopic (exact) mass is 420 g/mol. The lowest BCUT2D eigenvalue weighted by Crippen LogP contribution is -2.30. The Morgan fingerprint density at radius 3 is 2.97 bits per heavy atom. The molecule has 30 heavy (non-hydrogen) atoms. The van der Waals surface area contributed by atoms with Gasteiger partial charge in [-0.3, -0.25) is 4.79 Å². The summed E-state index contributed by atoms with van der Waals surface area (Å²) >= 11 is 0. The van der Waals surface area contributed by atoms with Gasteiger partial charge in [0.2, 0.25) is 5.43 Å². The number of halogens is 1. The summed E-state index contributed by atoms with van der Waals surface area (Å²) in [4.78, 5) is 25.8. The van der Waals surface area contributed by atoms with Crippen LogP contribution in [0.2, 0.25) is 0 Å². The predicted molar refractivity (Wildman–Crippen MR) is 110 cm³/mol. The van der Waals surface area contributed by atoms with Crippen LogP contribution in [-0.4, -0.2) is 48.6 Å². The van der Waals surface area contributed by atoms with E-state index in [4.69, 9.17) is 15.6 Å². The molecule has 0 amide bonds. The van der Waals surface area contributed by atoms with Crippen LogP contribution < -0.4 is 30.9 Å². The van der Waals surface area contributed by atoms with Crippen LogP contribution in [0.25, 0.3) is 10.9 Å². The molecule has 0 bridgehead atoms. The van der Waals surface area contributed by atoms with E-state index in [0.29, 0.717) is 24.5 Å². The Morgan fingerprint density at radius 1 is 1.50 bits per heavy atom. The molecular formula is C20H25FN4O5. The Morgan fingerprint density at radius 2 is 2.27 bits per heavy atom. The number of nitrogens with two attached hydrogens (primary N) is 1. The summed E-state index contributed by atoms with van der Waals surface area (Å²) in [7, 11) is 0. The number of rotatable bonds is 5. The van der Waals surface area contributed by atoms with E-state index in [-0.39, 0.29) is 35.2 Å². The van der Waals surface area contributed by atoms with Crippen LogP contribution in [0.4, 0.5) is 20.6 Å². The number of carbonyl (C=O) groups is 1. The third-order valence-electron chi connectivity index (χ3n) is 5.77. The quantitative estimate of drug-likeness (QED) is 0.497. The smallest absolute Gasteiger partial charge is 0.487 e. The molecule has 1 aromatic heterocycles. The van der Waals surface area contributed by atoms with Crippen LogP contribution in [0.1, 0.15) is 26.3 Å². The molecule has 0 radical (unpaired) electrons. The first-order valence-electron chi connectivity index (χ1n) is 10.0. The van der Waals surface area contributed by atoms with E-state index in [2.05, 4.69) is 10.1 Å². The number of benzene rings is 1. The van der Waals surface area contributed by atoms with Crippen molar-refractivity contribution in [3.8, 4) is 11.5 Å². The standard InChI is InChI=1S/C20H25FN4O5/c1-3-23-6-11-4-5-24(7-11)17-14(21)15(22)13-16-19(17)29-9-10(2)25(16)8-12(18(13)26)30-20(27)28/h8,10-11,23H,3-7,9,22H2,1-2H3,(H,27,28). The molecule has 2 unspecified atom stereocenters. The predicted octanol–water partition coefficient (Wildman–Crippen LogP) is 2.17. The maximum absolute atomic E-state index is 15.5. The first-order chi connectivity index (χ1) is 14.3. The van der Waals surface area contributed by atoms with Crippen molar-refractivity contribution < 1.29 is 23.8 Å². The summed E-state index contributed by atoms with van der Waals surface area (Å²) in [6.07, 6.45) is 0.603. The third-order valence-corrected chi connectivity index (χ3v) is 5.77. The minimum Gasteiger partial charge on any atom is -0.487 e. The molecule has 1 fully saturated rings. The van der Waals surface area contributed by atoms with E-state index in [1.165, 1.54) is 6.20 Å². The van der Waals surface area contributed by atoms with Crippen molar-refractivity contribution in [1.82, 2.24) is 9.88 Å². The highest BCUT2D eigenvalue weighted by molar-refractivity contribution is 6.01. The van der Waals surface area contributed by atoms with E-state index in [1.807, 2.05) is 18.7 Å². The van der Waals surface area contributed by atoms with Crippen LogP contribution in [0.3, 0.4) is 0 Å². The zero-order valence-electron chi connectivity index (χ0n) is 16.9. The van der Waals surface area contributed by atoms with Gasteiger partial charge < -0.3 is 35.1 Å². The number of hydrogen-bond acceptors (Lipinski definition) is 7. The molecule has 9 nitrogen and oxygen atoms in total. The summed E-state index contributed by atoms with van der Waals surface area (Å²) in [6, 6.07) is -0.227. The Kier molecular flexibility index (Phi) is 5.19. The number of aromatic nitrogens is 1. The van der Waals surface area contributed by atoms with Gasteiger partial charge in [0, 0.05) is 13.1 Å². The van der Waals surface area contributed by atoms with Crippen molar-refractivity contribution in [1.29, 1.82) is 0 Å². The molecule has 4 N–H and O–H groups in total. The number of hydrogen-bond donors (Lipinski definition) is 3. The van der Waals surface area contributed by atoms with E-state index in [1.54, 1.807) is 4.57 Å². The minimum absolute atomic E-state index is 0.125. The molecule has 10 heteroatoms. The summed E-state index contributed by atoms with van der Waals surface area (Å²) in [5.41, 5.74) is 5.59. The number of pyridine rings is 1. The third kappa shape index (κ3) is 3.20. The van der Waals surface area contributed by atoms with Crippen molar-refractivity contribution in [2.24, 2.45) is 5.92 Å². The average molecular weight is 420 g/mol. The van der Waals surface area contributed by atoms with Gasteiger partial charge in [-0.25, -0.2) is 9.18 Å². The number of ether oxygens (including phenoxy) is 2. The molecule has 0 saturated carbocycles. The minimum atomic E-state index is -1.63. The largest absolute Gasteiger partial charge is 0.511 e. The van der Waals surface area contributed by atoms with Crippen molar-refractivity contribution in [2.75, 3.05) is 43.4 Å². The van der Waals surface area contributed by atoms with Crippen LogP contribution >= 0.6 is 0 Å². The van der Waals surface area contributed by atoms with Gasteiger partial charge in [-0.2, -0.15) is 0 Å². The summed E-state index contributed by atoms with van der Waals surface area (Å²) in [5.74, 6) is -0.518. The van der Waals surface area contributed by atoms with Crippen LogP contribution in [0.5, 0.6) is 11.5 Å². The fourth-order valence-corrected chi connectivity index (χ4v) is 4.31. The van der Waals surface area contributed by atoms with E-state index < -0.39 is 23.2 Å². The molecule has 1 aromatic carbocycles. The van der Waals surface area contributed by atoms with Gasteiger partial charge in [-0.05, 0) is 32.4 Å². The number of nitrogens with one attached hydrogen (secondary N) is 1. The molecule has 2 atom stereocenters. The molecule has 1 saturated heterocycles. The Hall–Kier alpha value is -3.01. The summed E-state index contributed by atoms with van der Waals surface area (Å²) in [6.45, 7) is 7.12. The highest BCUT2D eigenvalue weighted by atomic mass is 19.1. The Balaban J connectivity index is 1.90. The highest BCUT2D eigenvalue weighted by Crippen LogP contribution is 2.46. The zero-order valence-corrected chi connectivity index (χ0v) is 16.9. The number of nitrogen functional groups attached to an aromatic ring is 1. The summed E-state index contributed by atoms with van der Waals surface area (Å²) < 4.78 is 27.7. The van der Waals surface area contributed by atoms with Crippen molar-refractivity contribution >= 4 is 28.4 Å². The second-order valence-electron chi connectivity index (χ2n) is 7.80. The lowest BCUT2D eigenvalue weighted by molar-refractivity contribution is 0.143. The van der Waals surface area contributed by atoms with Crippen molar-refractivity contribution in [3.05, 3.63) is 22.2 Å². The SMILES string of the molecule is CCNCC1CCN(c2c(F)c(N)c3c(=O)c(OC(=O)O)cn4c3c2OCC4C)C1. The molecule has 2 aromatic rings. The molecule has 3 heterocycles. The lowest BCUT2D eigenvalue weighted by atomic mass is 10.1. The van der Waals surface area contributed by atoms with E-state index in [0.717, 1.165) is 19.5 Å².